The van der Waals surface area contributed by atoms with Gasteiger partial charge in [0.15, 0.2) is 5.82 Å². The van der Waals surface area contributed by atoms with E-state index in [1.54, 1.807) is 42.6 Å². The number of carbonyl (C=O) groups excluding carboxylic acids is 1. The van der Waals surface area contributed by atoms with Crippen molar-refractivity contribution in [3.05, 3.63) is 67.0 Å². The molecule has 0 atom stereocenters. The fraction of sp³-hybridized carbons (Fsp3) is 0.250. The average Bonchev–Trinajstić information content (AvgIpc) is 2.87. The molecule has 1 N–H and O–H groups in total. The predicted octanol–water partition coefficient (Wildman–Crippen LogP) is 2.36. The Bertz CT molecular complexity index is 1380. The highest BCUT2D eigenvalue weighted by Crippen LogP contribution is 2.40. The van der Waals surface area contributed by atoms with E-state index in [-0.39, 0.29) is 29.0 Å². The topological polar surface area (TPSA) is 112 Å². The predicted molar refractivity (Wildman–Crippen MR) is 133 cm³/mol. The van der Waals surface area contributed by atoms with Crippen LogP contribution in [0, 0.1) is 0 Å². The summed E-state index contributed by atoms with van der Waals surface area (Å²) >= 11 is 0. The molecule has 11 heteroatoms. The van der Waals surface area contributed by atoms with Crippen molar-refractivity contribution in [2.75, 3.05) is 49.4 Å². The number of nitrogens with one attached hydrogen (secondary N) is 1. The summed E-state index contributed by atoms with van der Waals surface area (Å²) in [5, 5.41) is 3.10. The van der Waals surface area contributed by atoms with E-state index in [9.17, 15) is 13.2 Å². The first-order valence-electron chi connectivity index (χ1n) is 11.2. The van der Waals surface area contributed by atoms with Gasteiger partial charge in [-0.05, 0) is 43.4 Å². The Morgan fingerprint density at radius 2 is 1.86 bits per heavy atom. The van der Waals surface area contributed by atoms with Crippen LogP contribution in [0.1, 0.15) is 10.4 Å². The van der Waals surface area contributed by atoms with Gasteiger partial charge in [0, 0.05) is 49.2 Å². The minimum Gasteiger partial charge on any atom is -0.336 e. The molecule has 0 unspecified atom stereocenters. The Morgan fingerprint density at radius 3 is 2.57 bits per heavy atom. The number of anilines is 3. The molecule has 2 aromatic heterocycles. The summed E-state index contributed by atoms with van der Waals surface area (Å²) in [5.41, 5.74) is 2.17. The molecule has 0 saturated carbocycles. The molecule has 180 valence electrons. The number of benzene rings is 1. The summed E-state index contributed by atoms with van der Waals surface area (Å²) in [5.74, 6) is 0.550. The van der Waals surface area contributed by atoms with Gasteiger partial charge >= 0.3 is 0 Å². The van der Waals surface area contributed by atoms with Gasteiger partial charge in [0.05, 0.1) is 12.7 Å². The number of aromatic nitrogens is 3. The van der Waals surface area contributed by atoms with Crippen molar-refractivity contribution in [3.8, 4) is 11.3 Å². The van der Waals surface area contributed by atoms with Crippen LogP contribution < -0.4 is 9.62 Å². The van der Waals surface area contributed by atoms with E-state index >= 15 is 0 Å². The number of nitrogens with zero attached hydrogens (tertiary/aromatic N) is 6. The lowest BCUT2D eigenvalue weighted by Crippen LogP contribution is -2.47. The highest BCUT2D eigenvalue weighted by Gasteiger charge is 2.37. The Labute approximate surface area is 204 Å². The molecule has 10 nitrogen and oxygen atoms in total. The van der Waals surface area contributed by atoms with Crippen molar-refractivity contribution in [2.24, 2.45) is 0 Å². The van der Waals surface area contributed by atoms with E-state index in [2.05, 4.69) is 31.7 Å². The lowest BCUT2D eigenvalue weighted by atomic mass is 10.1. The monoisotopic (exact) mass is 491 g/mol. The number of rotatable bonds is 5. The van der Waals surface area contributed by atoms with Crippen molar-refractivity contribution in [3.63, 3.8) is 0 Å². The highest BCUT2D eigenvalue weighted by molar-refractivity contribution is 7.93. The zero-order chi connectivity index (χ0) is 24.6. The normalized spacial score (nSPS) is 16.8. The maximum Gasteiger partial charge on any atom is 0.269 e. The van der Waals surface area contributed by atoms with Crippen LogP contribution in [0.2, 0.25) is 0 Å². The molecule has 3 aromatic rings. The van der Waals surface area contributed by atoms with E-state index in [1.807, 2.05) is 11.9 Å². The minimum atomic E-state index is -3.88. The van der Waals surface area contributed by atoms with Gasteiger partial charge in [0.2, 0.25) is 5.95 Å². The van der Waals surface area contributed by atoms with Crippen LogP contribution in [0.4, 0.5) is 17.5 Å². The number of pyridine rings is 1. The summed E-state index contributed by atoms with van der Waals surface area (Å²) in [6, 6.07) is 10.6. The maximum absolute atomic E-state index is 13.2. The zero-order valence-electron chi connectivity index (χ0n) is 19.3. The Kier molecular flexibility index (Phi) is 5.95. The van der Waals surface area contributed by atoms with Gasteiger partial charge in [0.25, 0.3) is 15.9 Å². The summed E-state index contributed by atoms with van der Waals surface area (Å²) < 4.78 is 27.5. The number of hydrogen-bond acceptors (Lipinski definition) is 8. The lowest BCUT2D eigenvalue weighted by molar-refractivity contribution is 0.0664. The molecule has 1 aromatic carbocycles. The van der Waals surface area contributed by atoms with E-state index in [1.165, 1.54) is 16.6 Å². The smallest absolute Gasteiger partial charge is 0.269 e. The number of sulfonamides is 1. The molecule has 5 rings (SSSR count). The SMILES string of the molecule is C=CCN1c2ncccc2-c2nc(Nc3ccc(C(=O)N4CCN(C)CC4)cc3)ncc2S1(=O)=O. The molecule has 4 heterocycles. The number of fused-ring (bicyclic) bond motifs is 3. The maximum atomic E-state index is 13.2. The van der Waals surface area contributed by atoms with E-state index in [4.69, 9.17) is 0 Å². The number of hydrogen-bond donors (Lipinski definition) is 1. The van der Waals surface area contributed by atoms with Crippen LogP contribution >= 0.6 is 0 Å². The number of likely N-dealkylation sites (N-methyl/N-ethyl adjacent to an activating group) is 1. The molecule has 1 saturated heterocycles. The van der Waals surface area contributed by atoms with Crippen molar-refractivity contribution in [1.29, 1.82) is 0 Å². The van der Waals surface area contributed by atoms with Crippen LogP contribution in [-0.4, -0.2) is 78.8 Å². The highest BCUT2D eigenvalue weighted by atomic mass is 32.2. The first-order chi connectivity index (χ1) is 16.9. The van der Waals surface area contributed by atoms with Gasteiger partial charge in [-0.2, -0.15) is 0 Å². The van der Waals surface area contributed by atoms with Crippen molar-refractivity contribution in [1.82, 2.24) is 24.8 Å². The fourth-order valence-electron chi connectivity index (χ4n) is 4.15. The molecular weight excluding hydrogens is 466 g/mol. The summed E-state index contributed by atoms with van der Waals surface area (Å²) in [7, 11) is -1.83. The number of carbonyl (C=O) groups is 1. The molecule has 0 bridgehead atoms. The Hall–Kier alpha value is -3.83. The van der Waals surface area contributed by atoms with E-state index in [0.29, 0.717) is 35.7 Å². The second-order valence-electron chi connectivity index (χ2n) is 8.40. The molecule has 1 amide bonds. The van der Waals surface area contributed by atoms with Crippen molar-refractivity contribution in [2.45, 2.75) is 4.90 Å². The van der Waals surface area contributed by atoms with Gasteiger partial charge in [-0.1, -0.05) is 6.08 Å². The van der Waals surface area contributed by atoms with Gasteiger partial charge in [-0.15, -0.1) is 6.58 Å². The molecule has 1 fully saturated rings. The quantitative estimate of drug-likeness (QED) is 0.542. The average molecular weight is 492 g/mol. The van der Waals surface area contributed by atoms with Gasteiger partial charge in [-0.3, -0.25) is 4.79 Å². The number of piperazine rings is 1. The van der Waals surface area contributed by atoms with Crippen LogP contribution in [0.25, 0.3) is 11.3 Å². The first kappa shape index (κ1) is 22.9. The fourth-order valence-corrected chi connectivity index (χ4v) is 5.64. The van der Waals surface area contributed by atoms with Gasteiger partial charge in [0.1, 0.15) is 10.6 Å². The largest absolute Gasteiger partial charge is 0.336 e. The molecular formula is C24H25N7O3S. The molecule has 2 aliphatic heterocycles. The standard InChI is InChI=1S/C24H25N7O3S/c1-3-11-31-22-19(5-4-10-25-22)21-20(35(31,33)34)16-26-24(28-21)27-18-8-6-17(7-9-18)23(32)30-14-12-29(2)13-15-30/h3-10,16H,1,11-15H2,2H3,(H,26,27,28). The zero-order valence-corrected chi connectivity index (χ0v) is 20.1. The van der Waals surface area contributed by atoms with Gasteiger partial charge < -0.3 is 15.1 Å². The van der Waals surface area contributed by atoms with Crippen LogP contribution in [0.5, 0.6) is 0 Å². The number of amides is 1. The van der Waals surface area contributed by atoms with Crippen LogP contribution in [0.15, 0.2) is 66.3 Å². The van der Waals surface area contributed by atoms with E-state index < -0.39 is 10.0 Å². The van der Waals surface area contributed by atoms with Crippen LogP contribution in [0.3, 0.4) is 0 Å². The summed E-state index contributed by atoms with van der Waals surface area (Å²) in [6.07, 6.45) is 4.36. The molecule has 0 spiro atoms. The summed E-state index contributed by atoms with van der Waals surface area (Å²) in [6.45, 7) is 6.89. The third-order valence-electron chi connectivity index (χ3n) is 6.07. The second-order valence-corrected chi connectivity index (χ2v) is 10.2. The second kappa shape index (κ2) is 9.08. The van der Waals surface area contributed by atoms with Crippen molar-refractivity contribution < 1.29 is 13.2 Å². The Morgan fingerprint density at radius 1 is 1.11 bits per heavy atom. The van der Waals surface area contributed by atoms with Crippen molar-refractivity contribution >= 4 is 33.4 Å². The van der Waals surface area contributed by atoms with Gasteiger partial charge in [-0.25, -0.2) is 27.7 Å². The summed E-state index contributed by atoms with van der Waals surface area (Å²) in [4.78, 5) is 29.9. The molecule has 35 heavy (non-hydrogen) atoms. The molecule has 0 aliphatic carbocycles. The third kappa shape index (κ3) is 4.24. The Balaban J connectivity index is 1.40. The van der Waals surface area contributed by atoms with E-state index in [0.717, 1.165) is 13.1 Å². The minimum absolute atomic E-state index is 0.00747. The lowest BCUT2D eigenvalue weighted by Gasteiger charge is -2.32. The molecule has 2 aliphatic rings. The van der Waals surface area contributed by atoms with Crippen LogP contribution in [-0.2, 0) is 10.0 Å². The third-order valence-corrected chi connectivity index (χ3v) is 7.83. The first-order valence-corrected chi connectivity index (χ1v) is 12.6. The molecule has 0 radical (unpaired) electrons.